The molecule has 4 nitrogen and oxygen atoms in total. The molecule has 1 atom stereocenters. The molecule has 0 saturated heterocycles. The summed E-state index contributed by atoms with van der Waals surface area (Å²) in [5.74, 6) is -1.48. The Labute approximate surface area is 106 Å². The number of rotatable bonds is 4. The predicted octanol–water partition coefficient (Wildman–Crippen LogP) is 2.35. The summed E-state index contributed by atoms with van der Waals surface area (Å²) in [6.07, 6.45) is 0.429. The lowest BCUT2D eigenvalue weighted by Gasteiger charge is -2.20. The Kier molecular flexibility index (Phi) is 4.67. The largest absolute Gasteiger partial charge is 0.494 e. The number of amides is 1. The van der Waals surface area contributed by atoms with E-state index in [1.165, 1.54) is 31.2 Å². The Balaban J connectivity index is 2.97. The van der Waals surface area contributed by atoms with Crippen molar-refractivity contribution in [2.24, 2.45) is 5.92 Å². The number of benzene rings is 1. The van der Waals surface area contributed by atoms with E-state index in [4.69, 9.17) is 10.00 Å². The van der Waals surface area contributed by atoms with Gasteiger partial charge in [0, 0.05) is 18.8 Å². The van der Waals surface area contributed by atoms with E-state index in [1.54, 1.807) is 13.0 Å². The summed E-state index contributed by atoms with van der Waals surface area (Å²) in [5.41, 5.74) is 0.395. The first-order valence-electron chi connectivity index (χ1n) is 5.55. The predicted molar refractivity (Wildman–Crippen MR) is 65.8 cm³/mol. The molecule has 1 rings (SSSR count). The van der Waals surface area contributed by atoms with Crippen molar-refractivity contribution in [1.29, 1.82) is 5.26 Å². The number of methoxy groups -OCH3 is 1. The second-order valence-corrected chi connectivity index (χ2v) is 3.81. The van der Waals surface area contributed by atoms with Crippen molar-refractivity contribution in [3.05, 3.63) is 24.0 Å². The highest BCUT2D eigenvalue weighted by Crippen LogP contribution is 2.24. The van der Waals surface area contributed by atoms with Gasteiger partial charge >= 0.3 is 0 Å². The lowest BCUT2D eigenvalue weighted by Crippen LogP contribution is -2.32. The van der Waals surface area contributed by atoms with Crippen molar-refractivity contribution in [3.8, 4) is 11.8 Å². The molecule has 96 valence electrons. The molecule has 1 aromatic rings. The number of hydrogen-bond acceptors (Lipinski definition) is 3. The van der Waals surface area contributed by atoms with Crippen LogP contribution in [0.15, 0.2) is 18.2 Å². The van der Waals surface area contributed by atoms with Crippen LogP contribution in [0.2, 0.25) is 0 Å². The summed E-state index contributed by atoms with van der Waals surface area (Å²) >= 11 is 0. The van der Waals surface area contributed by atoms with Crippen molar-refractivity contribution in [3.63, 3.8) is 0 Å². The highest BCUT2D eigenvalue weighted by molar-refractivity contribution is 5.96. The molecule has 1 unspecified atom stereocenters. The summed E-state index contributed by atoms with van der Waals surface area (Å²) in [7, 11) is 2.89. The molecule has 0 aliphatic rings. The van der Waals surface area contributed by atoms with Crippen molar-refractivity contribution in [1.82, 2.24) is 0 Å². The zero-order valence-electron chi connectivity index (χ0n) is 10.6. The Morgan fingerprint density at radius 2 is 2.28 bits per heavy atom. The SMILES string of the molecule is CCC(C#N)C(=O)N(C)c1ccc(OC)c(F)c1. The van der Waals surface area contributed by atoms with Gasteiger partial charge in [0.05, 0.1) is 13.2 Å². The summed E-state index contributed by atoms with van der Waals surface area (Å²) in [6, 6.07) is 6.16. The molecule has 18 heavy (non-hydrogen) atoms. The number of ether oxygens (including phenoxy) is 1. The van der Waals surface area contributed by atoms with Gasteiger partial charge in [-0.05, 0) is 18.6 Å². The molecule has 0 saturated carbocycles. The maximum Gasteiger partial charge on any atom is 0.244 e. The van der Waals surface area contributed by atoms with Crippen molar-refractivity contribution < 1.29 is 13.9 Å². The summed E-state index contributed by atoms with van der Waals surface area (Å²) < 4.78 is 18.3. The highest BCUT2D eigenvalue weighted by Gasteiger charge is 2.21. The van der Waals surface area contributed by atoms with E-state index in [9.17, 15) is 9.18 Å². The fourth-order valence-corrected chi connectivity index (χ4v) is 1.55. The Morgan fingerprint density at radius 1 is 1.61 bits per heavy atom. The lowest BCUT2D eigenvalue weighted by molar-refractivity contribution is -0.120. The van der Waals surface area contributed by atoms with Crippen molar-refractivity contribution in [2.75, 3.05) is 19.1 Å². The van der Waals surface area contributed by atoms with Crippen LogP contribution in [0.25, 0.3) is 0 Å². The van der Waals surface area contributed by atoms with Crippen molar-refractivity contribution >= 4 is 11.6 Å². The molecule has 1 aromatic carbocycles. The number of carbonyl (C=O) groups excluding carboxylic acids is 1. The molecule has 0 aliphatic heterocycles. The summed E-state index contributed by atoms with van der Waals surface area (Å²) in [6.45, 7) is 1.76. The Hall–Kier alpha value is -2.09. The maximum atomic E-state index is 13.5. The third-order valence-electron chi connectivity index (χ3n) is 2.72. The minimum atomic E-state index is -0.708. The molecule has 5 heteroatoms. The topological polar surface area (TPSA) is 53.3 Å². The van der Waals surface area contributed by atoms with Crippen LogP contribution in [0.5, 0.6) is 5.75 Å². The van der Waals surface area contributed by atoms with E-state index in [1.807, 2.05) is 6.07 Å². The second kappa shape index (κ2) is 6.01. The van der Waals surface area contributed by atoms with Crippen LogP contribution in [-0.2, 0) is 4.79 Å². The van der Waals surface area contributed by atoms with Crippen LogP contribution in [0.1, 0.15) is 13.3 Å². The zero-order chi connectivity index (χ0) is 13.7. The van der Waals surface area contributed by atoms with Gasteiger partial charge in [-0.3, -0.25) is 4.79 Å². The molecule has 0 fully saturated rings. The average Bonchev–Trinajstić information content (AvgIpc) is 2.39. The standard InChI is InChI=1S/C13H15FN2O2/c1-4-9(8-15)13(17)16(2)10-5-6-12(18-3)11(14)7-10/h5-7,9H,4H2,1-3H3. The van der Waals surface area contributed by atoms with Crippen LogP contribution < -0.4 is 9.64 Å². The number of carbonyl (C=O) groups is 1. The van der Waals surface area contributed by atoms with E-state index in [2.05, 4.69) is 0 Å². The quantitative estimate of drug-likeness (QED) is 0.824. The molecule has 1 amide bonds. The van der Waals surface area contributed by atoms with E-state index in [-0.39, 0.29) is 11.7 Å². The van der Waals surface area contributed by atoms with Gasteiger partial charge in [0.2, 0.25) is 5.91 Å². The Morgan fingerprint density at radius 3 is 2.72 bits per heavy atom. The van der Waals surface area contributed by atoms with Gasteiger partial charge in [0.25, 0.3) is 0 Å². The van der Waals surface area contributed by atoms with E-state index >= 15 is 0 Å². The third kappa shape index (κ3) is 2.77. The van der Waals surface area contributed by atoms with Crippen LogP contribution in [0.4, 0.5) is 10.1 Å². The molecule has 0 spiro atoms. The van der Waals surface area contributed by atoms with Gasteiger partial charge in [0.1, 0.15) is 5.92 Å². The fraction of sp³-hybridized carbons (Fsp3) is 0.385. The Bertz CT molecular complexity index is 482. The molecule has 0 radical (unpaired) electrons. The minimum absolute atomic E-state index is 0.118. The van der Waals surface area contributed by atoms with Crippen molar-refractivity contribution in [2.45, 2.75) is 13.3 Å². The lowest BCUT2D eigenvalue weighted by atomic mass is 10.1. The zero-order valence-corrected chi connectivity index (χ0v) is 10.6. The number of hydrogen-bond donors (Lipinski definition) is 0. The van der Waals surface area contributed by atoms with E-state index in [0.717, 1.165) is 0 Å². The van der Waals surface area contributed by atoms with E-state index < -0.39 is 11.7 Å². The monoisotopic (exact) mass is 250 g/mol. The summed E-state index contributed by atoms with van der Waals surface area (Å²) in [4.78, 5) is 13.2. The molecule has 0 heterocycles. The van der Waals surface area contributed by atoms with Gasteiger partial charge < -0.3 is 9.64 Å². The highest BCUT2D eigenvalue weighted by atomic mass is 19.1. The minimum Gasteiger partial charge on any atom is -0.494 e. The van der Waals surface area contributed by atoms with Crippen LogP contribution >= 0.6 is 0 Å². The molecule has 0 N–H and O–H groups in total. The third-order valence-corrected chi connectivity index (χ3v) is 2.72. The normalized spacial score (nSPS) is 11.5. The first kappa shape index (κ1) is 14.0. The molecule has 0 aromatic heterocycles. The van der Waals surface area contributed by atoms with Gasteiger partial charge in [-0.1, -0.05) is 6.92 Å². The van der Waals surface area contributed by atoms with Gasteiger partial charge in [-0.25, -0.2) is 4.39 Å². The number of nitriles is 1. The van der Waals surface area contributed by atoms with Gasteiger partial charge in [0.15, 0.2) is 11.6 Å². The number of nitrogens with zero attached hydrogens (tertiary/aromatic N) is 2. The molecule has 0 aliphatic carbocycles. The smallest absolute Gasteiger partial charge is 0.244 e. The average molecular weight is 250 g/mol. The number of anilines is 1. The van der Waals surface area contributed by atoms with E-state index in [0.29, 0.717) is 12.1 Å². The molecular weight excluding hydrogens is 235 g/mol. The first-order valence-corrected chi connectivity index (χ1v) is 5.55. The fourth-order valence-electron chi connectivity index (χ4n) is 1.55. The first-order chi connectivity index (χ1) is 8.54. The van der Waals surface area contributed by atoms with Crippen LogP contribution in [0.3, 0.4) is 0 Å². The number of halogens is 1. The second-order valence-electron chi connectivity index (χ2n) is 3.81. The van der Waals surface area contributed by atoms with Gasteiger partial charge in [-0.15, -0.1) is 0 Å². The maximum absolute atomic E-state index is 13.5. The van der Waals surface area contributed by atoms with Crippen LogP contribution in [0, 0.1) is 23.1 Å². The molecule has 0 bridgehead atoms. The summed E-state index contributed by atoms with van der Waals surface area (Å²) in [5, 5.41) is 8.84. The van der Waals surface area contributed by atoms with Gasteiger partial charge in [-0.2, -0.15) is 5.26 Å². The molecular formula is C13H15FN2O2. The van der Waals surface area contributed by atoms with Crippen LogP contribution in [-0.4, -0.2) is 20.1 Å².